The second-order valence-corrected chi connectivity index (χ2v) is 8.09. The zero-order chi connectivity index (χ0) is 21.7. The van der Waals surface area contributed by atoms with Gasteiger partial charge in [0.15, 0.2) is 12.0 Å². The quantitative estimate of drug-likeness (QED) is 0.640. The summed E-state index contributed by atoms with van der Waals surface area (Å²) in [6, 6.07) is 9.13. The molecule has 2 aliphatic heterocycles. The van der Waals surface area contributed by atoms with Crippen LogP contribution in [0.25, 0.3) is 11.1 Å². The van der Waals surface area contributed by atoms with Crippen molar-refractivity contribution in [3.05, 3.63) is 53.9 Å². The largest absolute Gasteiger partial charge is 0.482 e. The number of hydrogen-bond acceptors (Lipinski definition) is 5. The molecule has 2 aliphatic rings. The Morgan fingerprint density at radius 1 is 1.26 bits per heavy atom. The first-order valence-corrected chi connectivity index (χ1v) is 10.4. The van der Waals surface area contributed by atoms with E-state index in [4.69, 9.17) is 4.74 Å². The number of halogens is 2. The predicted octanol–water partition coefficient (Wildman–Crippen LogP) is 4.62. The maximum absolute atomic E-state index is 14.1. The number of para-hydroxylation sites is 1. The number of alkyl halides is 2. The van der Waals surface area contributed by atoms with Gasteiger partial charge >= 0.3 is 0 Å². The molecule has 0 saturated carbocycles. The first-order chi connectivity index (χ1) is 14.9. The minimum atomic E-state index is -2.61. The minimum Gasteiger partial charge on any atom is -0.482 e. The summed E-state index contributed by atoms with van der Waals surface area (Å²) in [5, 5.41) is 17.3. The van der Waals surface area contributed by atoms with Crippen LogP contribution in [0.5, 0.6) is 5.75 Å². The van der Waals surface area contributed by atoms with Crippen LogP contribution < -0.4 is 15.0 Å². The van der Waals surface area contributed by atoms with Crippen LogP contribution in [0.1, 0.15) is 30.9 Å². The molecule has 3 aromatic rings. The molecule has 6 nitrogen and oxygen atoms in total. The van der Waals surface area contributed by atoms with Crippen molar-refractivity contribution in [2.75, 3.05) is 16.8 Å². The number of aliphatic hydroxyl groups is 1. The number of nitrogens with zero attached hydrogens (tertiary/aromatic N) is 3. The van der Waals surface area contributed by atoms with E-state index in [1.54, 1.807) is 37.1 Å². The van der Waals surface area contributed by atoms with Gasteiger partial charge < -0.3 is 20.1 Å². The summed E-state index contributed by atoms with van der Waals surface area (Å²) < 4.78 is 35.8. The van der Waals surface area contributed by atoms with Crippen LogP contribution in [0.2, 0.25) is 0 Å². The zero-order valence-corrected chi connectivity index (χ0v) is 17.3. The van der Waals surface area contributed by atoms with E-state index in [9.17, 15) is 13.9 Å². The fourth-order valence-electron chi connectivity index (χ4n) is 4.39. The normalized spacial score (nSPS) is 20.1. The molecule has 2 aromatic carbocycles. The Morgan fingerprint density at radius 2 is 2.10 bits per heavy atom. The number of nitrogens with one attached hydrogen (secondary N) is 1. The monoisotopic (exact) mass is 426 g/mol. The van der Waals surface area contributed by atoms with Crippen LogP contribution in [0.3, 0.4) is 0 Å². The molecule has 0 bridgehead atoms. The molecule has 2 atom stereocenters. The fourth-order valence-corrected chi connectivity index (χ4v) is 4.39. The molecule has 1 aromatic heterocycles. The summed E-state index contributed by atoms with van der Waals surface area (Å²) in [7, 11) is 1.77. The highest BCUT2D eigenvalue weighted by Crippen LogP contribution is 2.46. The number of ether oxygens (including phenoxy) is 1. The molecule has 2 N–H and O–H groups in total. The third-order valence-corrected chi connectivity index (χ3v) is 5.96. The van der Waals surface area contributed by atoms with Gasteiger partial charge in [-0.3, -0.25) is 4.68 Å². The number of hydrogen-bond donors (Lipinski definition) is 2. The topological polar surface area (TPSA) is 62.5 Å². The van der Waals surface area contributed by atoms with Crippen molar-refractivity contribution in [3.63, 3.8) is 0 Å². The second kappa shape index (κ2) is 7.53. The Morgan fingerprint density at radius 3 is 2.84 bits per heavy atom. The smallest absolute Gasteiger partial charge is 0.264 e. The molecular formula is C23H24F2N4O2. The molecule has 8 heteroatoms. The minimum absolute atomic E-state index is 0.00807. The van der Waals surface area contributed by atoms with Gasteiger partial charge in [0.2, 0.25) is 0 Å². The number of aliphatic hydroxyl groups excluding tert-OH is 1. The summed E-state index contributed by atoms with van der Waals surface area (Å²) in [6.45, 7) is 2.48. The first kappa shape index (κ1) is 19.8. The fraction of sp³-hybridized carbons (Fsp3) is 0.348. The summed E-state index contributed by atoms with van der Waals surface area (Å²) in [5.74, 6) is 0.628. The maximum Gasteiger partial charge on any atom is 0.264 e. The van der Waals surface area contributed by atoms with E-state index < -0.39 is 18.8 Å². The highest BCUT2D eigenvalue weighted by Gasteiger charge is 2.30. The van der Waals surface area contributed by atoms with Gasteiger partial charge in [0.25, 0.3) is 6.43 Å². The van der Waals surface area contributed by atoms with E-state index in [-0.39, 0.29) is 5.56 Å². The Bertz CT molecular complexity index is 1130. The highest BCUT2D eigenvalue weighted by molar-refractivity contribution is 5.82. The standard InChI is InChI=1S/C23H24F2N4O2/c1-13-23(30)27-18-6-3-7-19(21(18)31-13)29-8-4-5-14-9-16(15-11-26-28(2)12-15)17(22(24)25)10-20(14)29/h3,6-7,9-13,22-23,27,30H,4-5,8H2,1-2H3/t13-,23?/m1/s1. The van der Waals surface area contributed by atoms with Gasteiger partial charge in [-0.25, -0.2) is 8.78 Å². The molecule has 0 saturated heterocycles. The lowest BCUT2D eigenvalue weighted by atomic mass is 9.92. The second-order valence-electron chi connectivity index (χ2n) is 8.09. The number of aromatic nitrogens is 2. The third kappa shape index (κ3) is 3.40. The lowest BCUT2D eigenvalue weighted by Crippen LogP contribution is -2.39. The Kier molecular flexibility index (Phi) is 4.81. The van der Waals surface area contributed by atoms with Crippen molar-refractivity contribution in [2.45, 2.75) is 38.5 Å². The summed E-state index contributed by atoms with van der Waals surface area (Å²) in [5.41, 5.74) is 4.48. The van der Waals surface area contributed by atoms with Gasteiger partial charge in [-0.15, -0.1) is 0 Å². The van der Waals surface area contributed by atoms with Crippen LogP contribution in [-0.2, 0) is 13.5 Å². The van der Waals surface area contributed by atoms with Crippen LogP contribution in [0, 0.1) is 0 Å². The molecule has 3 heterocycles. The van der Waals surface area contributed by atoms with Crippen molar-refractivity contribution in [1.82, 2.24) is 9.78 Å². The SMILES string of the molecule is C[C@H]1Oc2c(cccc2N2CCCc3cc(-c4cnn(C)c4)c(C(F)F)cc32)NC1O. The molecule has 0 amide bonds. The van der Waals surface area contributed by atoms with E-state index in [2.05, 4.69) is 10.4 Å². The molecular weight excluding hydrogens is 402 g/mol. The predicted molar refractivity (Wildman–Crippen MR) is 115 cm³/mol. The molecule has 1 unspecified atom stereocenters. The average Bonchev–Trinajstić information content (AvgIpc) is 3.19. The van der Waals surface area contributed by atoms with Crippen LogP contribution in [0.4, 0.5) is 25.8 Å². The molecule has 0 spiro atoms. The Balaban J connectivity index is 1.63. The summed E-state index contributed by atoms with van der Waals surface area (Å²) in [6.07, 6.45) is 1.24. The lowest BCUT2D eigenvalue weighted by Gasteiger charge is -2.37. The Hall–Kier alpha value is -3.13. The van der Waals surface area contributed by atoms with E-state index in [0.717, 1.165) is 29.8 Å². The average molecular weight is 426 g/mol. The maximum atomic E-state index is 14.1. The van der Waals surface area contributed by atoms with Crippen LogP contribution >= 0.6 is 0 Å². The van der Waals surface area contributed by atoms with Crippen LogP contribution in [0.15, 0.2) is 42.7 Å². The van der Waals surface area contributed by atoms with Gasteiger partial charge in [-0.1, -0.05) is 6.07 Å². The van der Waals surface area contributed by atoms with Gasteiger partial charge in [0, 0.05) is 36.6 Å². The number of rotatable bonds is 3. The third-order valence-electron chi connectivity index (χ3n) is 5.96. The lowest BCUT2D eigenvalue weighted by molar-refractivity contribution is 0.0573. The molecule has 31 heavy (non-hydrogen) atoms. The van der Waals surface area contributed by atoms with Crippen molar-refractivity contribution in [2.24, 2.45) is 7.05 Å². The molecule has 162 valence electrons. The van der Waals surface area contributed by atoms with Gasteiger partial charge in [0.05, 0.1) is 17.6 Å². The van der Waals surface area contributed by atoms with Crippen molar-refractivity contribution in [1.29, 1.82) is 0 Å². The first-order valence-electron chi connectivity index (χ1n) is 10.4. The molecule has 0 fully saturated rings. The van der Waals surface area contributed by atoms with Gasteiger partial charge in [0.1, 0.15) is 6.10 Å². The van der Waals surface area contributed by atoms with Crippen molar-refractivity contribution >= 4 is 17.1 Å². The highest BCUT2D eigenvalue weighted by atomic mass is 19.3. The van der Waals surface area contributed by atoms with Gasteiger partial charge in [-0.05, 0) is 55.2 Å². The molecule has 0 aliphatic carbocycles. The van der Waals surface area contributed by atoms with E-state index in [1.807, 2.05) is 29.2 Å². The number of fused-ring (bicyclic) bond motifs is 2. The van der Waals surface area contributed by atoms with Crippen molar-refractivity contribution in [3.8, 4) is 16.9 Å². The van der Waals surface area contributed by atoms with Gasteiger partial charge in [-0.2, -0.15) is 5.10 Å². The number of benzene rings is 2. The molecule has 5 rings (SSSR count). The molecule has 0 radical (unpaired) electrons. The summed E-state index contributed by atoms with van der Waals surface area (Å²) >= 11 is 0. The van der Waals surface area contributed by atoms with E-state index >= 15 is 0 Å². The zero-order valence-electron chi connectivity index (χ0n) is 17.3. The summed E-state index contributed by atoms with van der Waals surface area (Å²) in [4.78, 5) is 2.04. The number of anilines is 3. The van der Waals surface area contributed by atoms with E-state index in [1.165, 1.54) is 0 Å². The van der Waals surface area contributed by atoms with Crippen LogP contribution in [-0.4, -0.2) is 33.8 Å². The van der Waals surface area contributed by atoms with E-state index in [0.29, 0.717) is 29.1 Å². The number of aryl methyl sites for hydroxylation is 2. The van der Waals surface area contributed by atoms with Crippen molar-refractivity contribution < 1.29 is 18.6 Å². The Labute approximate surface area is 179 Å².